The van der Waals surface area contributed by atoms with Crippen LogP contribution in [0.25, 0.3) is 0 Å². The Hall–Kier alpha value is -4.25. The molecule has 0 unspecified atom stereocenters. The number of fused-ring (bicyclic) bond motifs is 1. The van der Waals surface area contributed by atoms with Gasteiger partial charge >= 0.3 is 0 Å². The van der Waals surface area contributed by atoms with Gasteiger partial charge in [0.25, 0.3) is 11.5 Å². The lowest BCUT2D eigenvalue weighted by molar-refractivity contribution is 0.102. The standard InChI is InChI=1S/C26H32N8O3/c1-16-20(15-30-26-23(16)28-8-13-37-26)32-18-6-7-29-24(35)22(18)25(36)31-17-4-5-21(19(14-17)27-2)34-11-9-33(3)10-12-34/h4-7,14-15,27-28H,8-13H2,1-3H3,(H,31,36)(H2,29,32,35). The van der Waals surface area contributed by atoms with Gasteiger partial charge < -0.3 is 40.8 Å². The van der Waals surface area contributed by atoms with E-state index in [1.54, 1.807) is 12.3 Å². The molecule has 11 nitrogen and oxygen atoms in total. The number of rotatable bonds is 6. The molecule has 1 aromatic carbocycles. The summed E-state index contributed by atoms with van der Waals surface area (Å²) in [7, 11) is 3.98. The lowest BCUT2D eigenvalue weighted by Crippen LogP contribution is -2.44. The normalized spacial score (nSPS) is 15.3. The third-order valence-electron chi connectivity index (χ3n) is 6.77. The number of piperazine rings is 1. The molecule has 1 amide bonds. The van der Waals surface area contributed by atoms with Gasteiger partial charge in [0.15, 0.2) is 0 Å². The zero-order chi connectivity index (χ0) is 25.9. The Morgan fingerprint density at radius 2 is 1.92 bits per heavy atom. The Balaban J connectivity index is 1.39. The third kappa shape index (κ3) is 5.03. The molecule has 5 N–H and O–H groups in total. The average Bonchev–Trinajstić information content (AvgIpc) is 2.91. The van der Waals surface area contributed by atoms with E-state index >= 15 is 0 Å². The summed E-state index contributed by atoms with van der Waals surface area (Å²) in [5.41, 5.74) is 4.82. The van der Waals surface area contributed by atoms with Crippen molar-refractivity contribution in [2.24, 2.45) is 0 Å². The minimum Gasteiger partial charge on any atom is -0.474 e. The molecule has 194 valence electrons. The first-order chi connectivity index (χ1) is 17.9. The summed E-state index contributed by atoms with van der Waals surface area (Å²) in [4.78, 5) is 37.7. The van der Waals surface area contributed by atoms with E-state index in [4.69, 9.17) is 4.74 Å². The van der Waals surface area contributed by atoms with Crippen molar-refractivity contribution in [2.45, 2.75) is 6.92 Å². The van der Waals surface area contributed by atoms with Gasteiger partial charge in [0.1, 0.15) is 17.9 Å². The molecular weight excluding hydrogens is 472 g/mol. The number of nitrogens with zero attached hydrogens (tertiary/aromatic N) is 3. The maximum absolute atomic E-state index is 13.3. The molecule has 0 bridgehead atoms. The molecule has 0 saturated carbocycles. The van der Waals surface area contributed by atoms with Crippen molar-refractivity contribution >= 4 is 40.0 Å². The number of hydrogen-bond acceptors (Lipinski definition) is 9. The van der Waals surface area contributed by atoms with Crippen molar-refractivity contribution in [1.82, 2.24) is 14.9 Å². The quantitative estimate of drug-likeness (QED) is 0.344. The van der Waals surface area contributed by atoms with Gasteiger partial charge in [-0.1, -0.05) is 0 Å². The number of hydrogen-bond donors (Lipinski definition) is 5. The topological polar surface area (TPSA) is 127 Å². The van der Waals surface area contributed by atoms with Crippen molar-refractivity contribution < 1.29 is 9.53 Å². The minimum absolute atomic E-state index is 0.0158. The summed E-state index contributed by atoms with van der Waals surface area (Å²) in [5, 5.41) is 12.6. The zero-order valence-corrected chi connectivity index (χ0v) is 21.3. The maximum Gasteiger partial charge on any atom is 0.263 e. The van der Waals surface area contributed by atoms with E-state index < -0.39 is 11.5 Å². The number of benzene rings is 1. The number of pyridine rings is 2. The number of aromatic nitrogens is 2. The molecule has 3 aromatic rings. The molecule has 4 heterocycles. The van der Waals surface area contributed by atoms with Gasteiger partial charge in [0.2, 0.25) is 5.88 Å². The highest BCUT2D eigenvalue weighted by molar-refractivity contribution is 6.08. The molecule has 0 radical (unpaired) electrons. The van der Waals surface area contributed by atoms with Crippen LogP contribution in [0, 0.1) is 6.92 Å². The number of nitrogens with one attached hydrogen (secondary N) is 5. The minimum atomic E-state index is -0.510. The third-order valence-corrected chi connectivity index (χ3v) is 6.77. The number of ether oxygens (including phenoxy) is 1. The van der Waals surface area contributed by atoms with Crippen LogP contribution in [0.2, 0.25) is 0 Å². The fourth-order valence-corrected chi connectivity index (χ4v) is 4.63. The lowest BCUT2D eigenvalue weighted by atomic mass is 10.1. The summed E-state index contributed by atoms with van der Waals surface area (Å²) in [5.74, 6) is 0.0299. The highest BCUT2D eigenvalue weighted by atomic mass is 16.5. The number of amides is 1. The van der Waals surface area contributed by atoms with Gasteiger partial charge in [-0.25, -0.2) is 4.98 Å². The van der Waals surface area contributed by atoms with E-state index in [-0.39, 0.29) is 5.56 Å². The second-order valence-corrected chi connectivity index (χ2v) is 9.20. The average molecular weight is 505 g/mol. The van der Waals surface area contributed by atoms with E-state index in [1.807, 2.05) is 32.2 Å². The van der Waals surface area contributed by atoms with Crippen LogP contribution < -0.4 is 36.5 Å². The van der Waals surface area contributed by atoms with Crippen molar-refractivity contribution in [1.29, 1.82) is 0 Å². The molecule has 37 heavy (non-hydrogen) atoms. The van der Waals surface area contributed by atoms with Crippen LogP contribution in [0.15, 0.2) is 41.5 Å². The van der Waals surface area contributed by atoms with Gasteiger partial charge in [-0.05, 0) is 38.2 Å². The van der Waals surface area contributed by atoms with Crippen molar-refractivity contribution in [3.8, 4) is 5.88 Å². The van der Waals surface area contributed by atoms with Gasteiger partial charge in [-0.3, -0.25) is 9.59 Å². The molecule has 2 aliphatic heterocycles. The monoisotopic (exact) mass is 504 g/mol. The van der Waals surface area contributed by atoms with E-state index in [9.17, 15) is 9.59 Å². The smallest absolute Gasteiger partial charge is 0.263 e. The first kappa shape index (κ1) is 24.4. The zero-order valence-electron chi connectivity index (χ0n) is 21.3. The number of likely N-dealkylation sites (N-methyl/N-ethyl adjacent to an activating group) is 1. The fraction of sp³-hybridized carbons (Fsp3) is 0.346. The van der Waals surface area contributed by atoms with Crippen molar-refractivity contribution in [3.05, 3.63) is 58.1 Å². The maximum atomic E-state index is 13.3. The lowest BCUT2D eigenvalue weighted by Gasteiger charge is -2.35. The number of carbonyl (C=O) groups excluding carboxylic acids is 1. The van der Waals surface area contributed by atoms with E-state index in [1.165, 1.54) is 6.20 Å². The summed E-state index contributed by atoms with van der Waals surface area (Å²) in [6.45, 7) is 7.02. The van der Waals surface area contributed by atoms with E-state index in [0.717, 1.165) is 48.8 Å². The molecular formula is C26H32N8O3. The number of H-pyrrole nitrogens is 1. The molecule has 1 saturated heterocycles. The molecule has 11 heteroatoms. The first-order valence-corrected chi connectivity index (χ1v) is 12.4. The van der Waals surface area contributed by atoms with Crippen LogP contribution in [0.1, 0.15) is 15.9 Å². The molecule has 1 fully saturated rings. The number of carbonyl (C=O) groups is 1. The van der Waals surface area contributed by atoms with Gasteiger partial charge in [-0.2, -0.15) is 0 Å². The van der Waals surface area contributed by atoms with Crippen LogP contribution in [-0.2, 0) is 0 Å². The molecule has 2 aromatic heterocycles. The van der Waals surface area contributed by atoms with E-state index in [0.29, 0.717) is 36.1 Å². The number of aromatic amines is 1. The second kappa shape index (κ2) is 10.4. The van der Waals surface area contributed by atoms with Crippen LogP contribution >= 0.6 is 0 Å². The Kier molecular flexibility index (Phi) is 6.87. The molecule has 2 aliphatic rings. The summed E-state index contributed by atoms with van der Waals surface area (Å²) < 4.78 is 5.60. The largest absolute Gasteiger partial charge is 0.474 e. The van der Waals surface area contributed by atoms with Crippen LogP contribution in [-0.4, -0.2) is 74.2 Å². The Bertz CT molecular complexity index is 1360. The first-order valence-electron chi connectivity index (χ1n) is 12.4. The van der Waals surface area contributed by atoms with E-state index in [2.05, 4.69) is 48.1 Å². The molecule has 0 spiro atoms. The summed E-state index contributed by atoms with van der Waals surface area (Å²) in [6, 6.07) is 7.41. The predicted octanol–water partition coefficient (Wildman–Crippen LogP) is 2.67. The Morgan fingerprint density at radius 1 is 1.11 bits per heavy atom. The second-order valence-electron chi connectivity index (χ2n) is 9.20. The van der Waals surface area contributed by atoms with Crippen LogP contribution in [0.3, 0.4) is 0 Å². The van der Waals surface area contributed by atoms with Gasteiger partial charge in [0.05, 0.1) is 28.9 Å². The number of anilines is 6. The van der Waals surface area contributed by atoms with Crippen LogP contribution in [0.4, 0.5) is 34.1 Å². The SMILES string of the molecule is CNc1cc(NC(=O)c2c(Nc3cnc4c(c3C)NCCO4)cc[nH]c2=O)ccc1N1CCN(C)CC1. The molecule has 5 rings (SSSR count). The highest BCUT2D eigenvalue weighted by Crippen LogP contribution is 2.34. The van der Waals surface area contributed by atoms with Crippen molar-refractivity contribution in [2.75, 3.05) is 79.6 Å². The fourth-order valence-electron chi connectivity index (χ4n) is 4.63. The van der Waals surface area contributed by atoms with Gasteiger partial charge in [-0.15, -0.1) is 0 Å². The summed E-state index contributed by atoms with van der Waals surface area (Å²) in [6.07, 6.45) is 3.15. The molecule has 0 atom stereocenters. The highest BCUT2D eigenvalue weighted by Gasteiger charge is 2.21. The van der Waals surface area contributed by atoms with Crippen molar-refractivity contribution in [3.63, 3.8) is 0 Å². The predicted molar refractivity (Wildman–Crippen MR) is 147 cm³/mol. The summed E-state index contributed by atoms with van der Waals surface area (Å²) >= 11 is 0. The van der Waals surface area contributed by atoms with Gasteiger partial charge in [0, 0.05) is 57.2 Å². The molecule has 0 aliphatic carbocycles. The Labute approximate surface area is 215 Å². The van der Waals surface area contributed by atoms with Crippen LogP contribution in [0.5, 0.6) is 5.88 Å². The Morgan fingerprint density at radius 3 is 2.70 bits per heavy atom.